The van der Waals surface area contributed by atoms with Crippen LogP contribution in [0.2, 0.25) is 0 Å². The zero-order valence-electron chi connectivity index (χ0n) is 7.25. The Morgan fingerprint density at radius 2 is 2.33 bits per heavy atom. The Labute approximate surface area is 71.8 Å². The summed E-state index contributed by atoms with van der Waals surface area (Å²) in [6.07, 6.45) is 2.25. The van der Waals surface area contributed by atoms with Gasteiger partial charge >= 0.3 is 5.97 Å². The zero-order chi connectivity index (χ0) is 9.14. The van der Waals surface area contributed by atoms with Crippen LogP contribution in [0.15, 0.2) is 0 Å². The van der Waals surface area contributed by atoms with Gasteiger partial charge in [0.2, 0.25) is 0 Å². The van der Waals surface area contributed by atoms with Crippen LogP contribution in [0, 0.1) is 11.8 Å². The van der Waals surface area contributed by atoms with Crippen molar-refractivity contribution in [3.63, 3.8) is 0 Å². The summed E-state index contributed by atoms with van der Waals surface area (Å²) in [5.41, 5.74) is 0. The molecule has 3 nitrogen and oxygen atoms in total. The molecule has 0 aromatic rings. The fourth-order valence-corrected chi connectivity index (χ4v) is 1.84. The third-order valence-corrected chi connectivity index (χ3v) is 2.63. The smallest absolute Gasteiger partial charge is 0.306 e. The van der Waals surface area contributed by atoms with Gasteiger partial charge in [-0.1, -0.05) is 13.3 Å². The fraction of sp³-hybridized carbons (Fsp3) is 0.778. The molecular weight excluding hydrogens is 156 g/mol. The normalized spacial score (nSPS) is 30.2. The molecular formula is C9H14O3. The Balaban J connectivity index is 2.62. The Morgan fingerprint density at radius 1 is 1.67 bits per heavy atom. The van der Waals surface area contributed by atoms with E-state index in [9.17, 15) is 9.59 Å². The Hall–Kier alpha value is -0.860. The molecule has 0 aromatic heterocycles. The summed E-state index contributed by atoms with van der Waals surface area (Å²) in [5, 5.41) is 8.81. The van der Waals surface area contributed by atoms with E-state index < -0.39 is 5.97 Å². The number of carbonyl (C=O) groups excluding carboxylic acids is 1. The van der Waals surface area contributed by atoms with E-state index in [-0.39, 0.29) is 17.6 Å². The summed E-state index contributed by atoms with van der Waals surface area (Å²) in [6.45, 7) is 1.94. The highest BCUT2D eigenvalue weighted by Gasteiger charge is 2.32. The molecule has 0 saturated heterocycles. The van der Waals surface area contributed by atoms with Crippen LogP contribution in [0.3, 0.4) is 0 Å². The first-order valence-electron chi connectivity index (χ1n) is 4.39. The van der Waals surface area contributed by atoms with E-state index in [0.717, 1.165) is 6.42 Å². The first-order valence-corrected chi connectivity index (χ1v) is 4.39. The van der Waals surface area contributed by atoms with Gasteiger partial charge in [-0.05, 0) is 12.3 Å². The molecule has 3 heteroatoms. The minimum Gasteiger partial charge on any atom is -0.481 e. The first-order chi connectivity index (χ1) is 5.65. The van der Waals surface area contributed by atoms with Gasteiger partial charge in [0.05, 0.1) is 5.92 Å². The molecule has 1 N–H and O–H groups in total. The number of carboxylic acid groups (broad SMARTS) is 1. The molecule has 1 aliphatic carbocycles. The lowest BCUT2D eigenvalue weighted by atomic mass is 9.77. The van der Waals surface area contributed by atoms with Crippen molar-refractivity contribution in [3.8, 4) is 0 Å². The number of aliphatic carboxylic acids is 1. The Bertz CT molecular complexity index is 198. The average molecular weight is 170 g/mol. The number of Topliss-reactive ketones (excluding diaryl/α,β-unsaturated/α-hetero) is 1. The molecule has 0 bridgehead atoms. The lowest BCUT2D eigenvalue weighted by molar-refractivity contribution is -0.146. The van der Waals surface area contributed by atoms with Crippen LogP contribution in [0.4, 0.5) is 0 Å². The second-order valence-electron chi connectivity index (χ2n) is 3.39. The van der Waals surface area contributed by atoms with E-state index in [1.165, 1.54) is 0 Å². The summed E-state index contributed by atoms with van der Waals surface area (Å²) < 4.78 is 0. The summed E-state index contributed by atoms with van der Waals surface area (Å²) in [5.74, 6) is -0.731. The third kappa shape index (κ3) is 1.84. The summed E-state index contributed by atoms with van der Waals surface area (Å²) in [4.78, 5) is 21.7. The van der Waals surface area contributed by atoms with Crippen molar-refractivity contribution in [1.29, 1.82) is 0 Å². The lowest BCUT2D eigenvalue weighted by Gasteiger charge is -2.26. The number of rotatable bonds is 2. The fourth-order valence-electron chi connectivity index (χ4n) is 1.84. The minimum absolute atomic E-state index is 0.0729. The molecule has 2 atom stereocenters. The van der Waals surface area contributed by atoms with Gasteiger partial charge in [-0.3, -0.25) is 9.59 Å². The van der Waals surface area contributed by atoms with E-state index in [2.05, 4.69) is 0 Å². The molecule has 1 aliphatic rings. The molecule has 2 unspecified atom stereocenters. The van der Waals surface area contributed by atoms with Gasteiger partial charge in [-0.15, -0.1) is 0 Å². The maximum Gasteiger partial charge on any atom is 0.306 e. The summed E-state index contributed by atoms with van der Waals surface area (Å²) in [7, 11) is 0. The van der Waals surface area contributed by atoms with Crippen LogP contribution in [0.25, 0.3) is 0 Å². The van der Waals surface area contributed by atoms with Gasteiger partial charge in [-0.2, -0.15) is 0 Å². The maximum atomic E-state index is 11.0. The molecule has 12 heavy (non-hydrogen) atoms. The number of ketones is 1. The van der Waals surface area contributed by atoms with Crippen LogP contribution >= 0.6 is 0 Å². The highest BCUT2D eigenvalue weighted by atomic mass is 16.4. The van der Waals surface area contributed by atoms with Crippen LogP contribution in [-0.4, -0.2) is 16.9 Å². The molecule has 0 aliphatic heterocycles. The van der Waals surface area contributed by atoms with Crippen molar-refractivity contribution < 1.29 is 14.7 Å². The SMILES string of the molecule is CCC1CC(=O)CCC1C(=O)O. The van der Waals surface area contributed by atoms with Crippen LogP contribution in [0.1, 0.15) is 32.6 Å². The van der Waals surface area contributed by atoms with Gasteiger partial charge in [0, 0.05) is 12.8 Å². The molecule has 0 spiro atoms. The monoisotopic (exact) mass is 170 g/mol. The topological polar surface area (TPSA) is 54.4 Å². The third-order valence-electron chi connectivity index (χ3n) is 2.63. The van der Waals surface area contributed by atoms with E-state index >= 15 is 0 Å². The second kappa shape index (κ2) is 3.70. The second-order valence-corrected chi connectivity index (χ2v) is 3.39. The number of hydrogen-bond acceptors (Lipinski definition) is 2. The molecule has 0 amide bonds. The summed E-state index contributed by atoms with van der Waals surface area (Å²) in [6, 6.07) is 0. The van der Waals surface area contributed by atoms with E-state index in [0.29, 0.717) is 19.3 Å². The molecule has 0 aromatic carbocycles. The van der Waals surface area contributed by atoms with E-state index in [4.69, 9.17) is 5.11 Å². The van der Waals surface area contributed by atoms with Gasteiger partial charge in [0.1, 0.15) is 5.78 Å². The molecule has 0 heterocycles. The first kappa shape index (κ1) is 9.23. The molecule has 0 radical (unpaired) electrons. The predicted octanol–water partition coefficient (Wildman–Crippen LogP) is 1.47. The van der Waals surface area contributed by atoms with Crippen molar-refractivity contribution in [3.05, 3.63) is 0 Å². The van der Waals surface area contributed by atoms with Crippen molar-refractivity contribution in [2.24, 2.45) is 11.8 Å². The number of carbonyl (C=O) groups is 2. The van der Waals surface area contributed by atoms with Gasteiger partial charge < -0.3 is 5.11 Å². The van der Waals surface area contributed by atoms with E-state index in [1.807, 2.05) is 6.92 Å². The standard InChI is InChI=1S/C9H14O3/c1-2-6-5-7(10)3-4-8(6)9(11)12/h6,8H,2-5H2,1H3,(H,11,12). The van der Waals surface area contributed by atoms with Crippen molar-refractivity contribution in [2.75, 3.05) is 0 Å². The number of hydrogen-bond donors (Lipinski definition) is 1. The van der Waals surface area contributed by atoms with Crippen molar-refractivity contribution in [1.82, 2.24) is 0 Å². The predicted molar refractivity (Wildman–Crippen MR) is 43.8 cm³/mol. The summed E-state index contributed by atoms with van der Waals surface area (Å²) >= 11 is 0. The zero-order valence-corrected chi connectivity index (χ0v) is 7.25. The molecule has 68 valence electrons. The highest BCUT2D eigenvalue weighted by molar-refractivity contribution is 5.82. The van der Waals surface area contributed by atoms with Crippen molar-refractivity contribution >= 4 is 11.8 Å². The van der Waals surface area contributed by atoms with E-state index in [1.54, 1.807) is 0 Å². The van der Waals surface area contributed by atoms with Crippen LogP contribution in [0.5, 0.6) is 0 Å². The molecule has 1 saturated carbocycles. The highest BCUT2D eigenvalue weighted by Crippen LogP contribution is 2.30. The Morgan fingerprint density at radius 3 is 2.83 bits per heavy atom. The van der Waals surface area contributed by atoms with Gasteiger partial charge in [0.25, 0.3) is 0 Å². The quantitative estimate of drug-likeness (QED) is 0.682. The van der Waals surface area contributed by atoms with Gasteiger partial charge in [0.15, 0.2) is 0 Å². The van der Waals surface area contributed by atoms with Crippen LogP contribution < -0.4 is 0 Å². The Kier molecular flexibility index (Phi) is 2.84. The minimum atomic E-state index is -0.741. The maximum absolute atomic E-state index is 11.0. The average Bonchev–Trinajstić information content (AvgIpc) is 2.03. The van der Waals surface area contributed by atoms with Crippen LogP contribution in [-0.2, 0) is 9.59 Å². The lowest BCUT2D eigenvalue weighted by Crippen LogP contribution is -2.30. The largest absolute Gasteiger partial charge is 0.481 e. The molecule has 1 fully saturated rings. The van der Waals surface area contributed by atoms with Crippen molar-refractivity contribution in [2.45, 2.75) is 32.6 Å². The van der Waals surface area contributed by atoms with Gasteiger partial charge in [-0.25, -0.2) is 0 Å². The number of carboxylic acids is 1. The molecule has 1 rings (SSSR count).